The quantitative estimate of drug-likeness (QED) is 0.357. The number of hydrazine groups is 1. The van der Waals surface area contributed by atoms with E-state index in [9.17, 15) is 13.5 Å². The Labute approximate surface area is 171 Å². The largest absolute Gasteiger partial charge is 0.388 e. The maximum atomic E-state index is 12.3. The third-order valence-electron chi connectivity index (χ3n) is 5.97. The van der Waals surface area contributed by atoms with Crippen molar-refractivity contribution in [2.45, 2.75) is 84.2 Å². The topological polar surface area (TPSA) is 69.6 Å². The summed E-state index contributed by atoms with van der Waals surface area (Å²) in [5.74, 6) is 0. The highest BCUT2D eigenvalue weighted by Gasteiger charge is 2.43. The van der Waals surface area contributed by atoms with Crippen molar-refractivity contribution in [3.63, 3.8) is 0 Å². The molecular formula is C22H38N2O3S. The van der Waals surface area contributed by atoms with Gasteiger partial charge in [0.25, 0.3) is 0 Å². The Balaban J connectivity index is 2.11. The van der Waals surface area contributed by atoms with Crippen molar-refractivity contribution < 1.29 is 13.5 Å². The van der Waals surface area contributed by atoms with Crippen LogP contribution in [0.25, 0.3) is 0 Å². The number of rotatable bonds is 13. The minimum Gasteiger partial charge on any atom is -0.388 e. The molecule has 5 nitrogen and oxygen atoms in total. The van der Waals surface area contributed by atoms with Gasteiger partial charge in [-0.05, 0) is 43.4 Å². The number of hydrogen-bond donors (Lipinski definition) is 2. The zero-order chi connectivity index (χ0) is 20.6. The van der Waals surface area contributed by atoms with Gasteiger partial charge in [-0.3, -0.25) is 0 Å². The Morgan fingerprint density at radius 2 is 1.86 bits per heavy atom. The highest BCUT2D eigenvalue weighted by molar-refractivity contribution is 7.92. The van der Waals surface area contributed by atoms with Crippen molar-refractivity contribution in [1.82, 2.24) is 5.43 Å². The molecule has 160 valence electrons. The zero-order valence-corrected chi connectivity index (χ0v) is 18.6. The number of nitrogens with one attached hydrogen (secondary N) is 1. The first kappa shape index (κ1) is 23.2. The Bertz CT molecular complexity index is 701. The predicted octanol–water partition coefficient (Wildman–Crippen LogP) is 4.93. The van der Waals surface area contributed by atoms with Gasteiger partial charge >= 0.3 is 0 Å². The lowest BCUT2D eigenvalue weighted by Gasteiger charge is -2.46. The van der Waals surface area contributed by atoms with Crippen LogP contribution in [0, 0.1) is 5.41 Å². The van der Waals surface area contributed by atoms with E-state index >= 15 is 0 Å². The minimum atomic E-state index is -3.45. The fourth-order valence-electron chi connectivity index (χ4n) is 4.27. The fraction of sp³-hybridized carbons (Fsp3) is 0.727. The van der Waals surface area contributed by atoms with Crippen molar-refractivity contribution in [3.8, 4) is 0 Å². The Hall–Kier alpha value is -1.11. The summed E-state index contributed by atoms with van der Waals surface area (Å²) in [4.78, 5) is 0. The van der Waals surface area contributed by atoms with Crippen LogP contribution in [-0.2, 0) is 10.0 Å². The molecule has 1 unspecified atom stereocenters. The lowest BCUT2D eigenvalue weighted by molar-refractivity contribution is -0.0440. The first-order valence-corrected chi connectivity index (χ1v) is 12.7. The molecule has 1 aromatic carbocycles. The van der Waals surface area contributed by atoms with Gasteiger partial charge in [-0.15, -0.1) is 0 Å². The molecule has 0 radical (unpaired) electrons. The summed E-state index contributed by atoms with van der Waals surface area (Å²) in [6, 6.07) is 7.36. The van der Waals surface area contributed by atoms with E-state index in [1.165, 1.54) is 29.9 Å². The van der Waals surface area contributed by atoms with Crippen LogP contribution in [0.2, 0.25) is 0 Å². The molecule has 1 aliphatic carbocycles. The molecule has 6 heteroatoms. The molecule has 0 spiro atoms. The molecule has 1 fully saturated rings. The highest BCUT2D eigenvalue weighted by Crippen LogP contribution is 2.53. The molecule has 28 heavy (non-hydrogen) atoms. The number of nitrogens with zero attached hydrogens (tertiary/aromatic N) is 1. The lowest BCUT2D eigenvalue weighted by atomic mass is 9.61. The monoisotopic (exact) mass is 410 g/mol. The van der Waals surface area contributed by atoms with Crippen LogP contribution in [0.4, 0.5) is 5.69 Å². The van der Waals surface area contributed by atoms with E-state index in [1.807, 2.05) is 18.2 Å². The second-order valence-corrected chi connectivity index (χ2v) is 10.1. The van der Waals surface area contributed by atoms with Crippen molar-refractivity contribution in [1.29, 1.82) is 0 Å². The second-order valence-electron chi connectivity index (χ2n) is 8.31. The first-order chi connectivity index (χ1) is 13.3. The number of aliphatic hydroxyl groups excluding tert-OH is 1. The molecule has 0 amide bonds. The van der Waals surface area contributed by atoms with Crippen LogP contribution in [0.15, 0.2) is 24.3 Å². The van der Waals surface area contributed by atoms with Crippen LogP contribution in [0.3, 0.4) is 0 Å². The molecule has 0 bridgehead atoms. The van der Waals surface area contributed by atoms with Crippen molar-refractivity contribution in [2.75, 3.05) is 17.2 Å². The van der Waals surface area contributed by atoms with Gasteiger partial charge in [0.1, 0.15) is 0 Å². The predicted molar refractivity (Wildman–Crippen MR) is 117 cm³/mol. The van der Waals surface area contributed by atoms with Gasteiger partial charge in [0.2, 0.25) is 10.0 Å². The van der Waals surface area contributed by atoms with Gasteiger partial charge in [-0.2, -0.15) is 0 Å². The Kier molecular flexibility index (Phi) is 8.78. The third kappa shape index (κ3) is 5.94. The van der Waals surface area contributed by atoms with Crippen LogP contribution in [-0.4, -0.2) is 26.3 Å². The minimum absolute atomic E-state index is 0.0456. The molecule has 0 aliphatic heterocycles. The van der Waals surface area contributed by atoms with Crippen LogP contribution >= 0.6 is 0 Å². The normalized spacial score (nSPS) is 17.1. The molecule has 0 aromatic heterocycles. The van der Waals surface area contributed by atoms with E-state index in [2.05, 4.69) is 19.3 Å². The maximum Gasteiger partial charge on any atom is 0.245 e. The SMILES string of the molecule is CCCCCCCNN(c1cccc(C(O)C2(CCC)CCC2)c1)S(C)(=O)=O. The molecule has 1 saturated carbocycles. The summed E-state index contributed by atoms with van der Waals surface area (Å²) >= 11 is 0. The smallest absolute Gasteiger partial charge is 0.245 e. The molecular weight excluding hydrogens is 372 g/mol. The molecule has 0 saturated heterocycles. The molecule has 1 aliphatic rings. The van der Waals surface area contributed by atoms with Gasteiger partial charge in [0.05, 0.1) is 18.0 Å². The maximum absolute atomic E-state index is 12.3. The van der Waals surface area contributed by atoms with Gasteiger partial charge in [0.15, 0.2) is 0 Å². The summed E-state index contributed by atoms with van der Waals surface area (Å²) in [7, 11) is -3.45. The molecule has 1 aromatic rings. The highest BCUT2D eigenvalue weighted by atomic mass is 32.2. The average Bonchev–Trinajstić information content (AvgIpc) is 2.62. The van der Waals surface area contributed by atoms with Crippen molar-refractivity contribution in [3.05, 3.63) is 29.8 Å². The number of sulfonamides is 1. The lowest BCUT2D eigenvalue weighted by Crippen LogP contribution is -2.43. The zero-order valence-electron chi connectivity index (χ0n) is 17.8. The first-order valence-electron chi connectivity index (χ1n) is 10.9. The van der Waals surface area contributed by atoms with Gasteiger partial charge in [-0.1, -0.05) is 64.5 Å². The van der Waals surface area contributed by atoms with E-state index in [0.29, 0.717) is 12.2 Å². The van der Waals surface area contributed by atoms with Gasteiger partial charge in [-0.25, -0.2) is 18.3 Å². The van der Waals surface area contributed by atoms with E-state index in [-0.39, 0.29) is 5.41 Å². The third-order valence-corrected chi connectivity index (χ3v) is 6.97. The van der Waals surface area contributed by atoms with Gasteiger partial charge in [0, 0.05) is 12.0 Å². The van der Waals surface area contributed by atoms with E-state index in [4.69, 9.17) is 0 Å². The van der Waals surface area contributed by atoms with Crippen molar-refractivity contribution >= 4 is 15.7 Å². The fourth-order valence-corrected chi connectivity index (χ4v) is 5.10. The van der Waals surface area contributed by atoms with Crippen LogP contribution in [0.5, 0.6) is 0 Å². The summed E-state index contributed by atoms with van der Waals surface area (Å²) in [6.07, 6.45) is 11.6. The number of hydrogen-bond acceptors (Lipinski definition) is 4. The van der Waals surface area contributed by atoms with Gasteiger partial charge < -0.3 is 5.11 Å². The van der Waals surface area contributed by atoms with Crippen LogP contribution in [0.1, 0.15) is 89.7 Å². The molecule has 2 N–H and O–H groups in total. The average molecular weight is 411 g/mol. The van der Waals surface area contributed by atoms with Crippen LogP contribution < -0.4 is 9.84 Å². The van der Waals surface area contributed by atoms with E-state index in [1.54, 1.807) is 6.07 Å². The molecule has 0 heterocycles. The Morgan fingerprint density at radius 1 is 1.14 bits per heavy atom. The van der Waals surface area contributed by atoms with E-state index in [0.717, 1.165) is 50.5 Å². The molecule has 2 rings (SSSR count). The second kappa shape index (κ2) is 10.6. The summed E-state index contributed by atoms with van der Waals surface area (Å²) in [5.41, 5.74) is 4.41. The summed E-state index contributed by atoms with van der Waals surface area (Å²) in [5, 5.41) is 11.0. The standard InChI is InChI=1S/C22H38N2O3S/c1-4-6-7-8-9-17-23-24(28(3,26)27)20-13-10-12-19(18-20)21(25)22(14-5-2)15-11-16-22/h10,12-13,18,21,23,25H,4-9,11,14-17H2,1-3H3. The summed E-state index contributed by atoms with van der Waals surface area (Å²) in [6.45, 7) is 4.95. The number of anilines is 1. The van der Waals surface area contributed by atoms with E-state index < -0.39 is 16.1 Å². The Morgan fingerprint density at radius 3 is 2.43 bits per heavy atom. The molecule has 1 atom stereocenters. The number of aliphatic hydroxyl groups is 1. The summed E-state index contributed by atoms with van der Waals surface area (Å²) < 4.78 is 26.0. The number of benzene rings is 1. The number of unbranched alkanes of at least 4 members (excludes halogenated alkanes) is 4. The van der Waals surface area contributed by atoms with Crippen molar-refractivity contribution in [2.24, 2.45) is 5.41 Å².